The van der Waals surface area contributed by atoms with E-state index in [1.165, 1.54) is 12.1 Å². The number of benzene rings is 2. The number of nitrogens with zero attached hydrogens (tertiary/aromatic N) is 2. The molecule has 0 radical (unpaired) electrons. The van der Waals surface area contributed by atoms with Gasteiger partial charge in [-0.1, -0.05) is 36.4 Å². The van der Waals surface area contributed by atoms with Crippen LogP contribution in [-0.2, 0) is 25.7 Å². The van der Waals surface area contributed by atoms with Crippen LogP contribution in [-0.4, -0.2) is 38.9 Å². The van der Waals surface area contributed by atoms with E-state index in [4.69, 9.17) is 4.74 Å². The van der Waals surface area contributed by atoms with Gasteiger partial charge in [-0.05, 0) is 48.6 Å². The minimum absolute atomic E-state index is 0.00164. The summed E-state index contributed by atoms with van der Waals surface area (Å²) in [6, 6.07) is 16.2. The Hall–Kier alpha value is -3.01. The van der Waals surface area contributed by atoms with Crippen molar-refractivity contribution in [1.29, 1.82) is 0 Å². The molecule has 3 N–H and O–H groups in total. The highest BCUT2D eigenvalue weighted by Crippen LogP contribution is 2.36. The molecule has 4 rings (SSSR count). The van der Waals surface area contributed by atoms with Gasteiger partial charge in [0, 0.05) is 37.0 Å². The van der Waals surface area contributed by atoms with E-state index >= 15 is 0 Å². The summed E-state index contributed by atoms with van der Waals surface area (Å²) in [5.74, 6) is 0.563. The van der Waals surface area contributed by atoms with Crippen LogP contribution in [0.2, 0.25) is 0 Å². The third-order valence-electron chi connectivity index (χ3n) is 6.46. The first-order valence-corrected chi connectivity index (χ1v) is 11.5. The highest BCUT2D eigenvalue weighted by Gasteiger charge is 2.42. The monoisotopic (exact) mass is 487 g/mol. The summed E-state index contributed by atoms with van der Waals surface area (Å²) in [6.45, 7) is -0.0374. The SMILES string of the molecule is OC[C@@H]1[C@@H](Cc2ccnc(COc3ccccc3)n2)[C@H](NCc2ccccc2C(F)(F)F)C[C@H]1O. The Labute approximate surface area is 201 Å². The first kappa shape index (κ1) is 25.1. The summed E-state index contributed by atoms with van der Waals surface area (Å²) in [4.78, 5) is 8.82. The quantitative estimate of drug-likeness (QED) is 0.426. The summed E-state index contributed by atoms with van der Waals surface area (Å²) in [7, 11) is 0. The Morgan fingerprint density at radius 1 is 1.00 bits per heavy atom. The lowest BCUT2D eigenvalue weighted by Crippen LogP contribution is -2.36. The maximum absolute atomic E-state index is 13.4. The predicted octanol–water partition coefficient (Wildman–Crippen LogP) is 3.76. The van der Waals surface area contributed by atoms with Crippen molar-refractivity contribution in [3.8, 4) is 5.75 Å². The molecule has 0 unspecified atom stereocenters. The van der Waals surface area contributed by atoms with Gasteiger partial charge in [0.15, 0.2) is 5.82 Å². The Balaban J connectivity index is 1.45. The number of halogens is 3. The number of para-hydroxylation sites is 1. The molecule has 1 heterocycles. The number of nitrogens with one attached hydrogen (secondary N) is 1. The van der Waals surface area contributed by atoms with Crippen LogP contribution in [0.25, 0.3) is 0 Å². The smallest absolute Gasteiger partial charge is 0.416 e. The van der Waals surface area contributed by atoms with Crippen molar-refractivity contribution in [2.75, 3.05) is 6.61 Å². The van der Waals surface area contributed by atoms with Crippen LogP contribution in [0.5, 0.6) is 5.75 Å². The molecule has 0 amide bonds. The number of aliphatic hydroxyl groups excluding tert-OH is 2. The lowest BCUT2D eigenvalue weighted by Gasteiger charge is -2.25. The molecule has 4 atom stereocenters. The molecular formula is C26H28F3N3O3. The van der Waals surface area contributed by atoms with E-state index < -0.39 is 23.8 Å². The van der Waals surface area contributed by atoms with Crippen molar-refractivity contribution in [2.24, 2.45) is 11.8 Å². The lowest BCUT2D eigenvalue weighted by atomic mass is 9.88. The lowest BCUT2D eigenvalue weighted by molar-refractivity contribution is -0.138. The molecule has 1 aliphatic rings. The summed E-state index contributed by atoms with van der Waals surface area (Å²) >= 11 is 0. The average molecular weight is 488 g/mol. The van der Waals surface area contributed by atoms with Crippen molar-refractivity contribution in [3.63, 3.8) is 0 Å². The van der Waals surface area contributed by atoms with Gasteiger partial charge < -0.3 is 20.3 Å². The fourth-order valence-corrected chi connectivity index (χ4v) is 4.70. The van der Waals surface area contributed by atoms with Crippen molar-refractivity contribution in [3.05, 3.63) is 89.5 Å². The van der Waals surface area contributed by atoms with Crippen molar-refractivity contribution in [2.45, 2.75) is 44.3 Å². The van der Waals surface area contributed by atoms with Crippen LogP contribution in [0, 0.1) is 11.8 Å². The number of aromatic nitrogens is 2. The maximum Gasteiger partial charge on any atom is 0.416 e. The minimum atomic E-state index is -4.44. The zero-order chi connectivity index (χ0) is 24.8. The van der Waals surface area contributed by atoms with E-state index in [1.54, 1.807) is 18.3 Å². The molecular weight excluding hydrogens is 459 g/mol. The molecule has 0 spiro atoms. The van der Waals surface area contributed by atoms with Crippen LogP contribution in [0.3, 0.4) is 0 Å². The van der Waals surface area contributed by atoms with Crippen LogP contribution in [0.1, 0.15) is 29.1 Å². The zero-order valence-corrected chi connectivity index (χ0v) is 19.0. The van der Waals surface area contributed by atoms with Crippen LogP contribution >= 0.6 is 0 Å². The van der Waals surface area contributed by atoms with Crippen molar-refractivity contribution >= 4 is 0 Å². The van der Waals surface area contributed by atoms with Crippen LogP contribution in [0.4, 0.5) is 13.2 Å². The van der Waals surface area contributed by atoms with Crippen LogP contribution < -0.4 is 10.1 Å². The molecule has 2 aromatic carbocycles. The normalized spacial score (nSPS) is 22.3. The Kier molecular flexibility index (Phi) is 8.00. The average Bonchev–Trinajstić information content (AvgIpc) is 3.15. The maximum atomic E-state index is 13.4. The second-order valence-corrected chi connectivity index (χ2v) is 8.73. The molecule has 1 saturated carbocycles. The van der Waals surface area contributed by atoms with Gasteiger partial charge in [-0.15, -0.1) is 0 Å². The molecule has 186 valence electrons. The van der Waals surface area contributed by atoms with E-state index in [9.17, 15) is 23.4 Å². The second kappa shape index (κ2) is 11.2. The standard InChI is InChI=1S/C26H28F3N3O3/c27-26(28,29)22-9-5-4-6-17(22)14-31-23-13-24(34)21(15-33)20(23)12-18-10-11-30-25(32-18)16-35-19-7-2-1-3-8-19/h1-11,20-21,23-24,31,33-34H,12-16H2/t20-,21-,23-,24-/m1/s1. The summed E-state index contributed by atoms with van der Waals surface area (Å²) in [5.41, 5.74) is 0.176. The van der Waals surface area contributed by atoms with E-state index in [0.717, 1.165) is 6.07 Å². The molecule has 6 nitrogen and oxygen atoms in total. The second-order valence-electron chi connectivity index (χ2n) is 8.73. The van der Waals surface area contributed by atoms with Gasteiger partial charge in [0.25, 0.3) is 0 Å². The Morgan fingerprint density at radius 2 is 1.74 bits per heavy atom. The fourth-order valence-electron chi connectivity index (χ4n) is 4.70. The van der Waals surface area contributed by atoms with E-state index in [2.05, 4.69) is 15.3 Å². The van der Waals surface area contributed by atoms with Gasteiger partial charge in [-0.3, -0.25) is 0 Å². The molecule has 0 saturated heterocycles. The molecule has 9 heteroatoms. The van der Waals surface area contributed by atoms with Crippen LogP contribution in [0.15, 0.2) is 66.9 Å². The van der Waals surface area contributed by atoms with Gasteiger partial charge >= 0.3 is 6.18 Å². The molecule has 1 aliphatic carbocycles. The number of hydrogen-bond donors (Lipinski definition) is 3. The minimum Gasteiger partial charge on any atom is -0.486 e. The predicted molar refractivity (Wildman–Crippen MR) is 123 cm³/mol. The van der Waals surface area contributed by atoms with Crippen molar-refractivity contribution in [1.82, 2.24) is 15.3 Å². The van der Waals surface area contributed by atoms with Gasteiger partial charge in [-0.25, -0.2) is 9.97 Å². The van der Waals surface area contributed by atoms with Gasteiger partial charge in [0.2, 0.25) is 0 Å². The Morgan fingerprint density at radius 3 is 2.49 bits per heavy atom. The first-order chi connectivity index (χ1) is 16.8. The number of hydrogen-bond acceptors (Lipinski definition) is 6. The third-order valence-corrected chi connectivity index (χ3v) is 6.46. The first-order valence-electron chi connectivity index (χ1n) is 11.5. The highest BCUT2D eigenvalue weighted by atomic mass is 19.4. The topological polar surface area (TPSA) is 87.5 Å². The molecule has 3 aromatic rings. The third kappa shape index (κ3) is 6.36. The fraction of sp³-hybridized carbons (Fsp3) is 0.385. The van der Waals surface area contributed by atoms with Gasteiger partial charge in [0.1, 0.15) is 12.4 Å². The molecule has 0 bridgehead atoms. The van der Waals surface area contributed by atoms with E-state index in [1.807, 2.05) is 30.3 Å². The van der Waals surface area contributed by atoms with E-state index in [0.29, 0.717) is 30.1 Å². The molecule has 1 fully saturated rings. The zero-order valence-electron chi connectivity index (χ0n) is 19.0. The summed E-state index contributed by atoms with van der Waals surface area (Å²) in [5, 5.41) is 23.6. The molecule has 1 aromatic heterocycles. The highest BCUT2D eigenvalue weighted by molar-refractivity contribution is 5.29. The van der Waals surface area contributed by atoms with Gasteiger partial charge in [0.05, 0.1) is 11.7 Å². The Bertz CT molecular complexity index is 1100. The number of aliphatic hydroxyl groups is 2. The largest absolute Gasteiger partial charge is 0.486 e. The van der Waals surface area contributed by atoms with Crippen molar-refractivity contribution < 1.29 is 28.1 Å². The summed E-state index contributed by atoms with van der Waals surface area (Å²) in [6.07, 6.45) is -2.81. The van der Waals surface area contributed by atoms with E-state index in [-0.39, 0.29) is 37.3 Å². The number of alkyl halides is 3. The summed E-state index contributed by atoms with van der Waals surface area (Å²) < 4.78 is 45.8. The molecule has 35 heavy (non-hydrogen) atoms. The molecule has 0 aliphatic heterocycles. The van der Waals surface area contributed by atoms with Gasteiger partial charge in [-0.2, -0.15) is 13.2 Å². The number of ether oxygens (including phenoxy) is 1. The number of rotatable bonds is 9.